The van der Waals surface area contributed by atoms with Gasteiger partial charge in [0.15, 0.2) is 0 Å². The van der Waals surface area contributed by atoms with Crippen molar-refractivity contribution in [2.75, 3.05) is 13.2 Å². The number of hydrogen-bond donors (Lipinski definition) is 0. The van der Waals surface area contributed by atoms with Gasteiger partial charge in [-0.3, -0.25) is 9.13 Å². The van der Waals surface area contributed by atoms with E-state index >= 15 is 0 Å². The number of halogens is 3. The molecule has 0 aliphatic carbocycles. The first-order valence-corrected chi connectivity index (χ1v) is 7.00. The first kappa shape index (κ1) is 16.0. The van der Waals surface area contributed by atoms with E-state index in [9.17, 15) is 13.6 Å². The third kappa shape index (κ3) is 3.44. The summed E-state index contributed by atoms with van der Waals surface area (Å²) in [4.78, 5) is 11.8. The molecule has 1 aromatic carbocycles. The van der Waals surface area contributed by atoms with Gasteiger partial charge in [-0.05, 0) is 24.1 Å². The molecule has 0 saturated carbocycles. The minimum atomic E-state index is -2.46. The lowest BCUT2D eigenvalue weighted by Crippen LogP contribution is -2.19. The normalized spacial score (nSPS) is 13.2. The van der Waals surface area contributed by atoms with Gasteiger partial charge in [0.2, 0.25) is 0 Å². The third-order valence-electron chi connectivity index (χ3n) is 3.42. The number of hydrogen-bond acceptors (Lipinski definition) is 2. The topological polar surface area (TPSA) is 36.2 Å². The zero-order chi connectivity index (χ0) is 15.6. The lowest BCUT2D eigenvalue weighted by molar-refractivity contribution is 0.0165. The predicted octanol–water partition coefficient (Wildman–Crippen LogP) is 2.83. The van der Waals surface area contributed by atoms with Crippen molar-refractivity contribution < 1.29 is 13.5 Å². The molecule has 1 heterocycles. The molecule has 1 atom stereocenters. The van der Waals surface area contributed by atoms with Crippen molar-refractivity contribution >= 4 is 22.6 Å². The van der Waals surface area contributed by atoms with Gasteiger partial charge in [-0.25, -0.2) is 13.6 Å². The quantitative estimate of drug-likeness (QED) is 0.606. The van der Waals surface area contributed by atoms with E-state index < -0.39 is 13.0 Å². The number of imidazole rings is 1. The van der Waals surface area contributed by atoms with Crippen LogP contribution in [0.3, 0.4) is 0 Å². The number of alkyl halides is 3. The average molecular weight is 319 g/mol. The Morgan fingerprint density at radius 2 is 1.90 bits per heavy atom. The monoisotopic (exact) mass is 318 g/mol. The lowest BCUT2D eigenvalue weighted by Gasteiger charge is -2.11. The van der Waals surface area contributed by atoms with E-state index in [1.54, 1.807) is 23.2 Å². The van der Waals surface area contributed by atoms with Crippen LogP contribution in [0.5, 0.6) is 0 Å². The molecule has 0 aliphatic rings. The Morgan fingerprint density at radius 3 is 2.57 bits per heavy atom. The second-order valence-electron chi connectivity index (χ2n) is 4.87. The second-order valence-corrected chi connectivity index (χ2v) is 5.40. The molecule has 1 aromatic heterocycles. The van der Waals surface area contributed by atoms with Crippen molar-refractivity contribution in [3.05, 3.63) is 34.2 Å². The predicted molar refractivity (Wildman–Crippen MR) is 78.2 cm³/mol. The molecule has 0 N–H and O–H groups in total. The summed E-state index contributed by atoms with van der Waals surface area (Å²) in [5.41, 5.74) is 2.35. The van der Waals surface area contributed by atoms with Crippen LogP contribution in [0.15, 0.2) is 23.0 Å². The number of fused-ring (bicyclic) bond motifs is 1. The highest BCUT2D eigenvalue weighted by atomic mass is 35.5. The van der Waals surface area contributed by atoms with Crippen molar-refractivity contribution in [1.82, 2.24) is 9.13 Å². The Morgan fingerprint density at radius 1 is 1.24 bits per heavy atom. The van der Waals surface area contributed by atoms with Crippen LogP contribution >= 0.6 is 11.6 Å². The summed E-state index contributed by atoms with van der Waals surface area (Å²) in [6, 6.07) is 5.52. The van der Waals surface area contributed by atoms with E-state index in [0.29, 0.717) is 6.42 Å². The molecule has 21 heavy (non-hydrogen) atoms. The number of aryl methyl sites for hydroxylation is 2. The Hall–Kier alpha value is -1.40. The summed E-state index contributed by atoms with van der Waals surface area (Å²) in [5, 5.41) is -0.345. The molecule has 2 rings (SSSR count). The van der Waals surface area contributed by atoms with Crippen molar-refractivity contribution in [3.63, 3.8) is 0 Å². The lowest BCUT2D eigenvalue weighted by atomic mass is 10.1. The molecule has 116 valence electrons. The van der Waals surface area contributed by atoms with Crippen molar-refractivity contribution in [2.24, 2.45) is 14.1 Å². The van der Waals surface area contributed by atoms with Crippen LogP contribution in [0.1, 0.15) is 17.4 Å². The molecule has 0 bridgehead atoms. The van der Waals surface area contributed by atoms with Gasteiger partial charge in [-0.15, -0.1) is 11.6 Å². The zero-order valence-corrected chi connectivity index (χ0v) is 12.6. The molecule has 0 fully saturated rings. The Bertz CT molecular complexity index is 681. The van der Waals surface area contributed by atoms with Gasteiger partial charge in [-0.1, -0.05) is 6.07 Å². The fraction of sp³-hybridized carbons (Fsp3) is 0.500. The van der Waals surface area contributed by atoms with E-state index in [2.05, 4.69) is 0 Å². The van der Waals surface area contributed by atoms with E-state index in [1.165, 1.54) is 0 Å². The van der Waals surface area contributed by atoms with Gasteiger partial charge >= 0.3 is 5.69 Å². The fourth-order valence-electron chi connectivity index (χ4n) is 2.24. The minimum absolute atomic E-state index is 0.103. The molecular formula is C14H17ClF2N2O2. The number of nitrogens with zero attached hydrogens (tertiary/aromatic N) is 2. The van der Waals surface area contributed by atoms with Gasteiger partial charge < -0.3 is 4.74 Å². The third-order valence-corrected chi connectivity index (χ3v) is 3.89. The van der Waals surface area contributed by atoms with E-state index in [-0.39, 0.29) is 17.7 Å². The maximum absolute atomic E-state index is 11.9. The van der Waals surface area contributed by atoms with E-state index in [0.717, 1.165) is 16.6 Å². The van der Waals surface area contributed by atoms with Crippen LogP contribution in [-0.2, 0) is 18.8 Å². The molecule has 1 unspecified atom stereocenters. The van der Waals surface area contributed by atoms with Crippen molar-refractivity contribution in [3.8, 4) is 0 Å². The Labute approximate surface area is 125 Å². The number of rotatable bonds is 6. The molecule has 4 nitrogen and oxygen atoms in total. The Balaban J connectivity index is 2.12. The second kappa shape index (κ2) is 6.58. The number of benzene rings is 1. The summed E-state index contributed by atoms with van der Waals surface area (Å²) < 4.78 is 31.8. The summed E-state index contributed by atoms with van der Waals surface area (Å²) in [6.07, 6.45) is -2.03. The molecule has 7 heteroatoms. The van der Waals surface area contributed by atoms with Crippen LogP contribution in [0.4, 0.5) is 8.78 Å². The SMILES string of the molecule is Cn1c(=O)n(C)c2cc(C(Cl)CCOCC(F)F)ccc21. The maximum atomic E-state index is 11.9. The van der Waals surface area contributed by atoms with Crippen molar-refractivity contribution in [1.29, 1.82) is 0 Å². The molecule has 0 saturated heterocycles. The highest BCUT2D eigenvalue weighted by Gasteiger charge is 2.13. The molecule has 0 spiro atoms. The summed E-state index contributed by atoms with van der Waals surface area (Å²) >= 11 is 6.26. The first-order chi connectivity index (χ1) is 9.91. The molecule has 0 amide bonds. The molecule has 0 aliphatic heterocycles. The fourth-order valence-corrected chi connectivity index (χ4v) is 2.47. The maximum Gasteiger partial charge on any atom is 0.328 e. The summed E-state index contributed by atoms with van der Waals surface area (Å²) in [6.45, 7) is -0.403. The van der Waals surface area contributed by atoms with Crippen LogP contribution in [-0.4, -0.2) is 28.8 Å². The Kier molecular flexibility index (Phi) is 5.00. The van der Waals surface area contributed by atoms with Crippen LogP contribution in [0.25, 0.3) is 11.0 Å². The largest absolute Gasteiger partial charge is 0.375 e. The molecular weight excluding hydrogens is 302 g/mol. The summed E-state index contributed by atoms with van der Waals surface area (Å²) in [7, 11) is 3.41. The van der Waals surface area contributed by atoms with Crippen LogP contribution < -0.4 is 5.69 Å². The number of aromatic nitrogens is 2. The van der Waals surface area contributed by atoms with E-state index in [1.807, 2.05) is 18.2 Å². The molecule has 0 radical (unpaired) electrons. The van der Waals surface area contributed by atoms with Crippen LogP contribution in [0, 0.1) is 0 Å². The standard InChI is InChI=1S/C14H17ClF2N2O2/c1-18-11-4-3-9(7-12(11)19(2)14(18)20)10(15)5-6-21-8-13(16)17/h3-4,7,10,13H,5-6,8H2,1-2H3. The van der Waals surface area contributed by atoms with Crippen molar-refractivity contribution in [2.45, 2.75) is 18.2 Å². The average Bonchev–Trinajstić information content (AvgIpc) is 2.68. The van der Waals surface area contributed by atoms with Gasteiger partial charge in [0.05, 0.1) is 16.4 Å². The molecule has 2 aromatic rings. The minimum Gasteiger partial charge on any atom is -0.375 e. The van der Waals surface area contributed by atoms with Gasteiger partial charge in [0.1, 0.15) is 6.61 Å². The summed E-state index contributed by atoms with van der Waals surface area (Å²) in [5.74, 6) is 0. The highest BCUT2D eigenvalue weighted by Crippen LogP contribution is 2.27. The highest BCUT2D eigenvalue weighted by molar-refractivity contribution is 6.20. The van der Waals surface area contributed by atoms with Crippen LogP contribution in [0.2, 0.25) is 0 Å². The number of ether oxygens (including phenoxy) is 1. The van der Waals surface area contributed by atoms with Gasteiger partial charge in [0, 0.05) is 20.7 Å². The van der Waals surface area contributed by atoms with Gasteiger partial charge in [-0.2, -0.15) is 0 Å². The first-order valence-electron chi connectivity index (χ1n) is 6.57. The smallest absolute Gasteiger partial charge is 0.328 e. The van der Waals surface area contributed by atoms with Gasteiger partial charge in [0.25, 0.3) is 6.43 Å². The van der Waals surface area contributed by atoms with E-state index in [4.69, 9.17) is 16.3 Å². The zero-order valence-electron chi connectivity index (χ0n) is 11.9.